The van der Waals surface area contributed by atoms with Gasteiger partial charge in [0.05, 0.1) is 29.6 Å². The molecule has 6 heteroatoms. The van der Waals surface area contributed by atoms with E-state index in [-0.39, 0.29) is 23.9 Å². The molecule has 2 N–H and O–H groups in total. The highest BCUT2D eigenvalue weighted by Gasteiger charge is 2.40. The summed E-state index contributed by atoms with van der Waals surface area (Å²) in [5, 5.41) is 12.1. The largest absolute Gasteiger partial charge is 0.387 e. The number of imide groups is 1. The maximum atomic E-state index is 12.0. The topological polar surface area (TPSA) is 82.0 Å². The molecule has 3 atom stereocenters. The molecule has 2 aliphatic rings. The highest BCUT2D eigenvalue weighted by atomic mass is 16.3. The summed E-state index contributed by atoms with van der Waals surface area (Å²) < 4.78 is 0. The van der Waals surface area contributed by atoms with Crippen LogP contribution >= 0.6 is 0 Å². The first-order chi connectivity index (χ1) is 10.3. The van der Waals surface area contributed by atoms with E-state index in [1.165, 1.54) is 0 Å². The van der Waals surface area contributed by atoms with E-state index >= 15 is 0 Å². The fourth-order valence-corrected chi connectivity index (χ4v) is 2.98. The second kappa shape index (κ2) is 6.54. The zero-order valence-electron chi connectivity index (χ0n) is 13.3. The molecule has 0 aromatic carbocycles. The Labute approximate surface area is 130 Å². The van der Waals surface area contributed by atoms with Gasteiger partial charge in [0.25, 0.3) is 0 Å². The van der Waals surface area contributed by atoms with Gasteiger partial charge in [-0.05, 0) is 32.8 Å². The number of hydrogen-bond donors (Lipinski definition) is 2. The molecule has 22 heavy (non-hydrogen) atoms. The zero-order valence-corrected chi connectivity index (χ0v) is 13.3. The highest BCUT2D eigenvalue weighted by molar-refractivity contribution is 6.07. The minimum atomic E-state index is -0.651. The normalized spacial score (nSPS) is 30.8. The molecule has 120 valence electrons. The maximum Gasteiger partial charge on any atom is 0.243 e. The lowest BCUT2D eigenvalue weighted by atomic mass is 10.0. The zero-order chi connectivity index (χ0) is 16.4. The molecule has 2 fully saturated rings. The lowest BCUT2D eigenvalue weighted by molar-refractivity contribution is -0.137. The third-order valence-corrected chi connectivity index (χ3v) is 4.21. The fraction of sp³-hybridized carbons (Fsp3) is 0.562. The van der Waals surface area contributed by atoms with Crippen LogP contribution in [0.2, 0.25) is 0 Å². The second-order valence-electron chi connectivity index (χ2n) is 5.81. The van der Waals surface area contributed by atoms with Gasteiger partial charge < -0.3 is 5.11 Å². The molecule has 6 nitrogen and oxygen atoms in total. The van der Waals surface area contributed by atoms with Gasteiger partial charge in [0, 0.05) is 13.0 Å². The van der Waals surface area contributed by atoms with Crippen LogP contribution in [0.5, 0.6) is 0 Å². The summed E-state index contributed by atoms with van der Waals surface area (Å²) in [7, 11) is 0. The Hall–Kier alpha value is -1.79. The van der Waals surface area contributed by atoms with Gasteiger partial charge >= 0.3 is 0 Å². The number of amides is 2. The summed E-state index contributed by atoms with van der Waals surface area (Å²) in [6.07, 6.45) is 1.99. The van der Waals surface area contributed by atoms with Gasteiger partial charge in [0.1, 0.15) is 0 Å². The first-order valence-corrected chi connectivity index (χ1v) is 7.55. The van der Waals surface area contributed by atoms with Crippen LogP contribution in [0, 0.1) is 0 Å². The molecule has 0 aromatic rings. The molecule has 2 unspecified atom stereocenters. The van der Waals surface area contributed by atoms with E-state index in [1.54, 1.807) is 13.0 Å². The van der Waals surface area contributed by atoms with Gasteiger partial charge in [-0.15, -0.1) is 0 Å². The maximum absolute atomic E-state index is 12.0. The number of allylic oxidation sites excluding steroid dienone is 1. The smallest absolute Gasteiger partial charge is 0.243 e. The predicted molar refractivity (Wildman–Crippen MR) is 84.4 cm³/mol. The van der Waals surface area contributed by atoms with Crippen molar-refractivity contribution < 1.29 is 14.7 Å². The van der Waals surface area contributed by atoms with Crippen molar-refractivity contribution in [1.82, 2.24) is 10.2 Å². The van der Waals surface area contributed by atoms with Crippen molar-refractivity contribution in [3.8, 4) is 0 Å². The van der Waals surface area contributed by atoms with Crippen molar-refractivity contribution in [2.75, 3.05) is 6.54 Å². The van der Waals surface area contributed by atoms with Gasteiger partial charge in [-0.3, -0.25) is 24.8 Å². The molecule has 0 saturated carbocycles. The van der Waals surface area contributed by atoms with E-state index in [0.717, 1.165) is 11.3 Å². The number of hydrogen-bond acceptors (Lipinski definition) is 5. The van der Waals surface area contributed by atoms with Crippen molar-refractivity contribution in [3.63, 3.8) is 0 Å². The quantitative estimate of drug-likeness (QED) is 0.755. The van der Waals surface area contributed by atoms with Gasteiger partial charge in [-0.2, -0.15) is 0 Å². The molecular formula is C16H23N3O3. The van der Waals surface area contributed by atoms with Gasteiger partial charge in [0.15, 0.2) is 0 Å². The number of rotatable bonds is 3. The van der Waals surface area contributed by atoms with E-state index < -0.39 is 6.10 Å². The number of carbonyl (C=O) groups is 2. The summed E-state index contributed by atoms with van der Waals surface area (Å²) >= 11 is 0. The molecular weight excluding hydrogens is 282 g/mol. The minimum absolute atomic E-state index is 0.0786. The molecule has 0 radical (unpaired) electrons. The monoisotopic (exact) mass is 305 g/mol. The van der Waals surface area contributed by atoms with Crippen LogP contribution in [-0.4, -0.2) is 52.3 Å². The van der Waals surface area contributed by atoms with E-state index in [0.29, 0.717) is 25.1 Å². The van der Waals surface area contributed by atoms with Gasteiger partial charge in [-0.25, -0.2) is 0 Å². The number of nitrogens with zero attached hydrogens (tertiary/aromatic N) is 2. The van der Waals surface area contributed by atoms with Gasteiger partial charge in [-0.1, -0.05) is 12.7 Å². The summed E-state index contributed by atoms with van der Waals surface area (Å²) in [5.74, 6) is -0.468. The van der Waals surface area contributed by atoms with Gasteiger partial charge in [0.2, 0.25) is 11.8 Å². The standard InChI is InChI=1S/C16H23N3O3/c1-5-12(11(4)20)17-15-9(2)8-19(10(15)3)13-6-7-14(21)18-16(13)22/h5,10-11,13,20H,2,6-8H2,1,3-4H3,(H,18,21,22)/b12-5-,17-15?/t10?,11?,13-/m0/s1. The number of piperidine rings is 1. The van der Waals surface area contributed by atoms with Crippen LogP contribution in [0.3, 0.4) is 0 Å². The van der Waals surface area contributed by atoms with Crippen molar-refractivity contribution in [3.05, 3.63) is 23.9 Å². The predicted octanol–water partition coefficient (Wildman–Crippen LogP) is 0.778. The second-order valence-corrected chi connectivity index (χ2v) is 5.81. The Morgan fingerprint density at radius 1 is 1.55 bits per heavy atom. The third kappa shape index (κ3) is 3.18. The number of aliphatic hydroxyl groups is 1. The van der Waals surface area contributed by atoms with Crippen LogP contribution in [0.4, 0.5) is 0 Å². The van der Waals surface area contributed by atoms with Crippen molar-refractivity contribution in [2.45, 2.75) is 51.8 Å². The molecule has 0 aromatic heterocycles. The first-order valence-electron chi connectivity index (χ1n) is 7.55. The highest BCUT2D eigenvalue weighted by Crippen LogP contribution is 2.26. The first kappa shape index (κ1) is 16.6. The molecule has 2 heterocycles. The molecule has 2 aliphatic heterocycles. The molecule has 2 saturated heterocycles. The average Bonchev–Trinajstić information content (AvgIpc) is 2.71. The SMILES string of the molecule is C=C1CN([C@H]2CCC(=O)NC2=O)C(C)C1=N/C(=C\C)C(C)O. The van der Waals surface area contributed by atoms with E-state index in [2.05, 4.69) is 16.9 Å². The van der Waals surface area contributed by atoms with E-state index in [1.807, 2.05) is 18.7 Å². The Morgan fingerprint density at radius 3 is 2.77 bits per heavy atom. The molecule has 0 bridgehead atoms. The lowest BCUT2D eigenvalue weighted by Gasteiger charge is -2.32. The number of carbonyl (C=O) groups excluding carboxylic acids is 2. The molecule has 0 spiro atoms. The van der Waals surface area contributed by atoms with Crippen molar-refractivity contribution in [1.29, 1.82) is 0 Å². The Balaban J connectivity index is 2.22. The Morgan fingerprint density at radius 2 is 2.23 bits per heavy atom. The van der Waals surface area contributed by atoms with Crippen LogP contribution in [-0.2, 0) is 9.59 Å². The number of likely N-dealkylation sites (tertiary alicyclic amines) is 1. The average molecular weight is 305 g/mol. The fourth-order valence-electron chi connectivity index (χ4n) is 2.98. The minimum Gasteiger partial charge on any atom is -0.387 e. The summed E-state index contributed by atoms with van der Waals surface area (Å²) in [5.41, 5.74) is 2.23. The molecule has 2 rings (SSSR count). The summed E-state index contributed by atoms with van der Waals surface area (Å²) in [6, 6.07) is -0.414. The lowest BCUT2D eigenvalue weighted by Crippen LogP contribution is -2.53. The van der Waals surface area contributed by atoms with Crippen LogP contribution < -0.4 is 5.32 Å². The van der Waals surface area contributed by atoms with E-state index in [4.69, 9.17) is 0 Å². The summed E-state index contributed by atoms with van der Waals surface area (Å²) in [4.78, 5) is 29.9. The van der Waals surface area contributed by atoms with Crippen LogP contribution in [0.15, 0.2) is 28.9 Å². The third-order valence-electron chi connectivity index (χ3n) is 4.21. The summed E-state index contributed by atoms with van der Waals surface area (Å²) in [6.45, 7) is 10.0. The van der Waals surface area contributed by atoms with Crippen LogP contribution in [0.25, 0.3) is 0 Å². The van der Waals surface area contributed by atoms with Crippen LogP contribution in [0.1, 0.15) is 33.6 Å². The number of aliphatic hydroxyl groups excluding tert-OH is 1. The Kier molecular flexibility index (Phi) is 4.93. The Bertz CT molecular complexity index is 563. The number of nitrogens with one attached hydrogen (secondary N) is 1. The molecule has 0 aliphatic carbocycles. The molecule has 2 amide bonds. The van der Waals surface area contributed by atoms with Crippen molar-refractivity contribution in [2.24, 2.45) is 4.99 Å². The van der Waals surface area contributed by atoms with E-state index in [9.17, 15) is 14.7 Å². The van der Waals surface area contributed by atoms with Crippen molar-refractivity contribution >= 4 is 17.5 Å². The number of aliphatic imine (C=N–C) groups is 1.